The Balaban J connectivity index is 1.86. The van der Waals surface area contributed by atoms with Crippen molar-refractivity contribution in [2.45, 2.75) is 25.9 Å². The van der Waals surface area contributed by atoms with Crippen molar-refractivity contribution in [2.24, 2.45) is 0 Å². The summed E-state index contributed by atoms with van der Waals surface area (Å²) in [5, 5.41) is 14.0. The largest absolute Gasteiger partial charge is 0.347 e. The molecule has 1 aromatic rings. The number of nitrogens with zero attached hydrogens (tertiary/aromatic N) is 3. The fourth-order valence-electron chi connectivity index (χ4n) is 1.65. The van der Waals surface area contributed by atoms with E-state index in [-0.39, 0.29) is 11.9 Å². The molecule has 6 nitrogen and oxygen atoms in total. The number of rotatable bonds is 6. The average Bonchev–Trinajstić information content (AvgIpc) is 2.73. The summed E-state index contributed by atoms with van der Waals surface area (Å²) in [6, 6.07) is 0.491. The van der Waals surface area contributed by atoms with Gasteiger partial charge in [0.05, 0.1) is 12.2 Å². The van der Waals surface area contributed by atoms with E-state index in [1.165, 1.54) is 0 Å². The Hall–Kier alpha value is -1.08. The summed E-state index contributed by atoms with van der Waals surface area (Å²) in [6.45, 7) is 5.90. The van der Waals surface area contributed by atoms with Gasteiger partial charge in [0.25, 0.3) is 5.91 Å². The van der Waals surface area contributed by atoms with Crippen molar-refractivity contribution in [1.82, 2.24) is 25.6 Å². The molecule has 7 heteroatoms. The molecule has 0 aromatic carbocycles. The molecule has 0 radical (unpaired) electrons. The number of aromatic nitrogens is 3. The Morgan fingerprint density at radius 1 is 1.72 bits per heavy atom. The van der Waals surface area contributed by atoms with Gasteiger partial charge in [0.2, 0.25) is 0 Å². The van der Waals surface area contributed by atoms with E-state index in [1.54, 1.807) is 10.9 Å². The normalized spacial score (nSPS) is 17.2. The van der Waals surface area contributed by atoms with E-state index in [9.17, 15) is 4.79 Å². The molecule has 0 saturated carbocycles. The van der Waals surface area contributed by atoms with E-state index in [1.807, 2.05) is 18.7 Å². The lowest BCUT2D eigenvalue weighted by Crippen LogP contribution is -2.43. The van der Waals surface area contributed by atoms with E-state index < -0.39 is 0 Å². The SMILES string of the molecule is CCSCC(C)NC(=O)c1cn(C2CNC2)nn1. The molecule has 100 valence electrons. The van der Waals surface area contributed by atoms with Crippen LogP contribution >= 0.6 is 11.8 Å². The molecule has 0 spiro atoms. The first-order valence-electron chi connectivity index (χ1n) is 6.22. The van der Waals surface area contributed by atoms with Crippen molar-refractivity contribution in [1.29, 1.82) is 0 Å². The quantitative estimate of drug-likeness (QED) is 0.777. The Kier molecular flexibility index (Phi) is 4.60. The van der Waals surface area contributed by atoms with Gasteiger partial charge in [0, 0.05) is 24.9 Å². The lowest BCUT2D eigenvalue weighted by atomic mass is 10.2. The van der Waals surface area contributed by atoms with Crippen LogP contribution in [-0.4, -0.2) is 51.5 Å². The van der Waals surface area contributed by atoms with E-state index in [4.69, 9.17) is 0 Å². The minimum absolute atomic E-state index is 0.141. The molecule has 1 aromatic heterocycles. The zero-order valence-corrected chi connectivity index (χ0v) is 11.5. The molecule has 1 aliphatic heterocycles. The first-order chi connectivity index (χ1) is 8.70. The molecule has 1 atom stereocenters. The molecule has 2 rings (SSSR count). The van der Waals surface area contributed by atoms with Gasteiger partial charge < -0.3 is 10.6 Å². The van der Waals surface area contributed by atoms with Gasteiger partial charge in [-0.3, -0.25) is 4.79 Å². The van der Waals surface area contributed by atoms with Crippen molar-refractivity contribution in [2.75, 3.05) is 24.6 Å². The van der Waals surface area contributed by atoms with Gasteiger partial charge in [0.1, 0.15) is 0 Å². The van der Waals surface area contributed by atoms with Gasteiger partial charge in [-0.25, -0.2) is 4.68 Å². The zero-order chi connectivity index (χ0) is 13.0. The van der Waals surface area contributed by atoms with Crippen LogP contribution in [0.25, 0.3) is 0 Å². The second-order valence-electron chi connectivity index (χ2n) is 4.43. The minimum atomic E-state index is -0.141. The molecule has 0 bridgehead atoms. The van der Waals surface area contributed by atoms with Crippen LogP contribution in [0.2, 0.25) is 0 Å². The highest BCUT2D eigenvalue weighted by Crippen LogP contribution is 2.10. The van der Waals surface area contributed by atoms with Gasteiger partial charge in [-0.15, -0.1) is 5.10 Å². The molecule has 2 N–H and O–H groups in total. The number of amides is 1. The summed E-state index contributed by atoms with van der Waals surface area (Å²) >= 11 is 1.81. The summed E-state index contributed by atoms with van der Waals surface area (Å²) < 4.78 is 1.76. The lowest BCUT2D eigenvalue weighted by Gasteiger charge is -2.26. The van der Waals surface area contributed by atoms with Crippen LogP contribution in [0.1, 0.15) is 30.4 Å². The fourth-order valence-corrected chi connectivity index (χ4v) is 2.33. The van der Waals surface area contributed by atoms with Crippen LogP contribution in [0.15, 0.2) is 6.20 Å². The standard InChI is InChI=1S/C11H19N5OS/c1-3-18-7-8(2)13-11(17)10-6-16(15-14-10)9-4-12-5-9/h6,8-9,12H,3-5,7H2,1-2H3,(H,13,17). The van der Waals surface area contributed by atoms with E-state index in [0.717, 1.165) is 24.6 Å². The number of carbonyl (C=O) groups excluding carboxylic acids is 1. The van der Waals surface area contributed by atoms with Crippen molar-refractivity contribution < 1.29 is 4.79 Å². The summed E-state index contributed by atoms with van der Waals surface area (Å²) in [5.41, 5.74) is 0.398. The molecule has 18 heavy (non-hydrogen) atoms. The van der Waals surface area contributed by atoms with E-state index in [0.29, 0.717) is 11.7 Å². The Bertz CT molecular complexity index is 404. The predicted octanol–water partition coefficient (Wildman–Crippen LogP) is 0.294. The van der Waals surface area contributed by atoms with Crippen LogP contribution in [0.4, 0.5) is 0 Å². The maximum absolute atomic E-state index is 11.9. The summed E-state index contributed by atoms with van der Waals surface area (Å²) in [5.74, 6) is 1.84. The smallest absolute Gasteiger partial charge is 0.273 e. The van der Waals surface area contributed by atoms with Gasteiger partial charge in [-0.05, 0) is 12.7 Å². The molecule has 2 heterocycles. The highest BCUT2D eigenvalue weighted by atomic mass is 32.2. The van der Waals surface area contributed by atoms with Crippen LogP contribution in [0.3, 0.4) is 0 Å². The summed E-state index contributed by atoms with van der Waals surface area (Å²) in [6.07, 6.45) is 1.72. The minimum Gasteiger partial charge on any atom is -0.347 e. The van der Waals surface area contributed by atoms with Crippen LogP contribution in [0, 0.1) is 0 Å². The Labute approximate surface area is 111 Å². The summed E-state index contributed by atoms with van der Waals surface area (Å²) in [4.78, 5) is 11.9. The maximum atomic E-state index is 11.9. The third-order valence-electron chi connectivity index (χ3n) is 2.83. The zero-order valence-electron chi connectivity index (χ0n) is 10.7. The average molecular weight is 269 g/mol. The van der Waals surface area contributed by atoms with E-state index in [2.05, 4.69) is 27.9 Å². The van der Waals surface area contributed by atoms with Gasteiger partial charge >= 0.3 is 0 Å². The van der Waals surface area contributed by atoms with Gasteiger partial charge in [0.15, 0.2) is 5.69 Å². The monoisotopic (exact) mass is 269 g/mol. The molecular weight excluding hydrogens is 250 g/mol. The molecule has 1 aliphatic rings. The molecule has 1 saturated heterocycles. The predicted molar refractivity (Wildman–Crippen MR) is 71.9 cm³/mol. The van der Waals surface area contributed by atoms with Gasteiger partial charge in [-0.1, -0.05) is 12.1 Å². The fraction of sp³-hybridized carbons (Fsp3) is 0.727. The maximum Gasteiger partial charge on any atom is 0.273 e. The lowest BCUT2D eigenvalue weighted by molar-refractivity contribution is 0.0938. The summed E-state index contributed by atoms with van der Waals surface area (Å²) in [7, 11) is 0. The highest BCUT2D eigenvalue weighted by Gasteiger charge is 2.22. The van der Waals surface area contributed by atoms with Crippen molar-refractivity contribution in [3.05, 3.63) is 11.9 Å². The molecule has 0 aliphatic carbocycles. The number of hydrogen-bond acceptors (Lipinski definition) is 5. The third kappa shape index (κ3) is 3.23. The third-order valence-corrected chi connectivity index (χ3v) is 3.97. The second kappa shape index (κ2) is 6.19. The van der Waals surface area contributed by atoms with Gasteiger partial charge in [-0.2, -0.15) is 11.8 Å². The topological polar surface area (TPSA) is 71.8 Å². The number of nitrogens with one attached hydrogen (secondary N) is 2. The molecule has 1 unspecified atom stereocenters. The van der Waals surface area contributed by atoms with Crippen LogP contribution in [-0.2, 0) is 0 Å². The first-order valence-corrected chi connectivity index (χ1v) is 7.37. The Morgan fingerprint density at radius 2 is 2.50 bits per heavy atom. The number of carbonyl (C=O) groups is 1. The number of hydrogen-bond donors (Lipinski definition) is 2. The number of thioether (sulfide) groups is 1. The Morgan fingerprint density at radius 3 is 3.11 bits per heavy atom. The molecule has 1 amide bonds. The van der Waals surface area contributed by atoms with Crippen molar-refractivity contribution in [3.8, 4) is 0 Å². The van der Waals surface area contributed by atoms with Crippen molar-refractivity contribution in [3.63, 3.8) is 0 Å². The van der Waals surface area contributed by atoms with Crippen LogP contribution in [0.5, 0.6) is 0 Å². The van der Waals surface area contributed by atoms with E-state index >= 15 is 0 Å². The molecule has 1 fully saturated rings. The highest BCUT2D eigenvalue weighted by molar-refractivity contribution is 7.99. The molecular formula is C11H19N5OS. The first kappa shape index (κ1) is 13.4. The second-order valence-corrected chi connectivity index (χ2v) is 5.75. The van der Waals surface area contributed by atoms with Crippen LogP contribution < -0.4 is 10.6 Å². The van der Waals surface area contributed by atoms with Crippen molar-refractivity contribution >= 4 is 17.7 Å².